The van der Waals surface area contributed by atoms with Crippen molar-refractivity contribution in [3.05, 3.63) is 65.4 Å². The minimum atomic E-state index is -0.461. The van der Waals surface area contributed by atoms with E-state index in [0.29, 0.717) is 13.2 Å². The van der Waals surface area contributed by atoms with Crippen LogP contribution in [0.5, 0.6) is 5.75 Å². The van der Waals surface area contributed by atoms with Gasteiger partial charge in [0.05, 0.1) is 12.3 Å². The summed E-state index contributed by atoms with van der Waals surface area (Å²) in [7, 11) is 1.93. The van der Waals surface area contributed by atoms with Crippen LogP contribution in [-0.4, -0.2) is 18.6 Å². The summed E-state index contributed by atoms with van der Waals surface area (Å²) < 4.78 is 11.9. The topological polar surface area (TPSA) is 46.3 Å². The maximum absolute atomic E-state index is 5.98. The second kappa shape index (κ2) is 5.96. The minimum absolute atomic E-state index is 0.461. The average molecular weight is 322 g/mol. The fourth-order valence-corrected chi connectivity index (χ4v) is 3.35. The molecule has 4 heteroatoms. The van der Waals surface area contributed by atoms with Gasteiger partial charge >= 0.3 is 0 Å². The van der Waals surface area contributed by atoms with E-state index in [1.54, 1.807) is 0 Å². The molecule has 0 bridgehead atoms. The van der Waals surface area contributed by atoms with Crippen molar-refractivity contribution in [3.63, 3.8) is 0 Å². The lowest BCUT2D eigenvalue weighted by atomic mass is 9.99. The molecule has 1 atom stereocenters. The number of H-pyrrole nitrogens is 1. The zero-order valence-electron chi connectivity index (χ0n) is 14.1. The first-order valence-corrected chi connectivity index (χ1v) is 8.34. The van der Waals surface area contributed by atoms with E-state index in [0.717, 1.165) is 23.4 Å². The largest absolute Gasteiger partial charge is 0.489 e. The summed E-state index contributed by atoms with van der Waals surface area (Å²) in [6.07, 6.45) is 0.911. The van der Waals surface area contributed by atoms with Crippen LogP contribution in [0.25, 0.3) is 10.9 Å². The number of aromatic nitrogens is 1. The molecule has 0 spiro atoms. The van der Waals surface area contributed by atoms with Gasteiger partial charge in [-0.2, -0.15) is 0 Å². The molecule has 1 aliphatic rings. The average Bonchev–Trinajstić information content (AvgIpc) is 3.01. The molecular weight excluding hydrogens is 300 g/mol. The Morgan fingerprint density at radius 1 is 1.21 bits per heavy atom. The van der Waals surface area contributed by atoms with E-state index < -0.39 is 5.72 Å². The van der Waals surface area contributed by atoms with E-state index in [9.17, 15) is 0 Å². The van der Waals surface area contributed by atoms with E-state index in [1.165, 1.54) is 16.5 Å². The van der Waals surface area contributed by atoms with Crippen molar-refractivity contribution >= 4 is 10.9 Å². The highest BCUT2D eigenvalue weighted by Crippen LogP contribution is 2.36. The van der Waals surface area contributed by atoms with Gasteiger partial charge in [0.25, 0.3) is 0 Å². The maximum Gasteiger partial charge on any atom is 0.157 e. The zero-order valence-corrected chi connectivity index (χ0v) is 14.1. The van der Waals surface area contributed by atoms with Gasteiger partial charge in [-0.1, -0.05) is 30.3 Å². The lowest BCUT2D eigenvalue weighted by Crippen LogP contribution is -2.43. The molecule has 0 aliphatic carbocycles. The number of hydrogen-bond donors (Lipinski definition) is 2. The van der Waals surface area contributed by atoms with Gasteiger partial charge in [0.1, 0.15) is 12.4 Å². The van der Waals surface area contributed by atoms with Crippen molar-refractivity contribution in [1.82, 2.24) is 10.3 Å². The van der Waals surface area contributed by atoms with Crippen molar-refractivity contribution in [2.45, 2.75) is 25.7 Å². The highest BCUT2D eigenvalue weighted by molar-refractivity contribution is 5.86. The third-order valence-electron chi connectivity index (χ3n) is 4.82. The quantitative estimate of drug-likeness (QED) is 0.770. The predicted octanol–water partition coefficient (Wildman–Crippen LogP) is 3.71. The highest BCUT2D eigenvalue weighted by atomic mass is 16.5. The van der Waals surface area contributed by atoms with Crippen LogP contribution in [0.3, 0.4) is 0 Å². The standard InChI is InChI=1S/C20H22N2O2/c1-20(21-2)19-16(10-11-24-20)17-12-15(8-9-18(17)22-19)23-13-14-6-4-3-5-7-14/h3-9,12,21-22H,10-11,13H2,1-2H3. The van der Waals surface area contributed by atoms with Crippen LogP contribution in [0.4, 0.5) is 0 Å². The van der Waals surface area contributed by atoms with Crippen LogP contribution in [-0.2, 0) is 23.5 Å². The van der Waals surface area contributed by atoms with Gasteiger partial charge in [-0.3, -0.25) is 5.32 Å². The van der Waals surface area contributed by atoms with E-state index in [1.807, 2.05) is 31.3 Å². The summed E-state index contributed by atoms with van der Waals surface area (Å²) >= 11 is 0. The zero-order chi connectivity index (χ0) is 16.6. The summed E-state index contributed by atoms with van der Waals surface area (Å²) in [6.45, 7) is 3.36. The smallest absolute Gasteiger partial charge is 0.157 e. The van der Waals surface area contributed by atoms with Crippen LogP contribution < -0.4 is 10.1 Å². The lowest BCUT2D eigenvalue weighted by molar-refractivity contribution is -0.0692. The molecular formula is C20H22N2O2. The van der Waals surface area contributed by atoms with Crippen molar-refractivity contribution in [1.29, 1.82) is 0 Å². The Kier molecular flexibility index (Phi) is 3.79. The molecule has 0 saturated carbocycles. The highest BCUT2D eigenvalue weighted by Gasteiger charge is 2.34. The summed E-state index contributed by atoms with van der Waals surface area (Å²) in [5.41, 5.74) is 4.27. The molecule has 4 rings (SSSR count). The molecule has 1 aromatic heterocycles. The molecule has 0 fully saturated rings. The Morgan fingerprint density at radius 2 is 2.04 bits per heavy atom. The minimum Gasteiger partial charge on any atom is -0.489 e. The van der Waals surface area contributed by atoms with Crippen LogP contribution >= 0.6 is 0 Å². The number of fused-ring (bicyclic) bond motifs is 3. The van der Waals surface area contributed by atoms with E-state index in [2.05, 4.69) is 41.5 Å². The molecule has 2 heterocycles. The van der Waals surface area contributed by atoms with Crippen molar-refractivity contribution in [2.24, 2.45) is 0 Å². The van der Waals surface area contributed by atoms with Crippen LogP contribution in [0.15, 0.2) is 48.5 Å². The first-order chi connectivity index (χ1) is 11.7. The van der Waals surface area contributed by atoms with Crippen molar-refractivity contribution in [3.8, 4) is 5.75 Å². The van der Waals surface area contributed by atoms with E-state index in [-0.39, 0.29) is 0 Å². The van der Waals surface area contributed by atoms with Crippen LogP contribution in [0, 0.1) is 0 Å². The van der Waals surface area contributed by atoms with Crippen LogP contribution in [0.1, 0.15) is 23.7 Å². The molecule has 1 unspecified atom stereocenters. The molecule has 1 aliphatic heterocycles. The fraction of sp³-hybridized carbons (Fsp3) is 0.300. The van der Waals surface area contributed by atoms with Crippen LogP contribution in [0.2, 0.25) is 0 Å². The Morgan fingerprint density at radius 3 is 2.83 bits per heavy atom. The number of benzene rings is 2. The Labute approximate surface area is 141 Å². The van der Waals surface area contributed by atoms with Crippen molar-refractivity contribution < 1.29 is 9.47 Å². The predicted molar refractivity (Wildman–Crippen MR) is 95.1 cm³/mol. The van der Waals surface area contributed by atoms with Gasteiger partial charge in [0.15, 0.2) is 5.72 Å². The summed E-state index contributed by atoms with van der Waals surface area (Å²) in [5.74, 6) is 0.894. The molecule has 0 saturated heterocycles. The first kappa shape index (κ1) is 15.2. The Hall–Kier alpha value is -2.30. The molecule has 3 aromatic rings. The molecule has 24 heavy (non-hydrogen) atoms. The fourth-order valence-electron chi connectivity index (χ4n) is 3.35. The molecule has 0 radical (unpaired) electrons. The molecule has 4 nitrogen and oxygen atoms in total. The maximum atomic E-state index is 5.98. The van der Waals surface area contributed by atoms with E-state index in [4.69, 9.17) is 9.47 Å². The molecule has 0 amide bonds. The molecule has 2 N–H and O–H groups in total. The van der Waals surface area contributed by atoms with Gasteiger partial charge < -0.3 is 14.5 Å². The van der Waals surface area contributed by atoms with Gasteiger partial charge in [-0.05, 0) is 49.7 Å². The number of nitrogens with one attached hydrogen (secondary N) is 2. The third-order valence-corrected chi connectivity index (χ3v) is 4.82. The third kappa shape index (κ3) is 2.58. The second-order valence-electron chi connectivity index (χ2n) is 6.34. The summed E-state index contributed by atoms with van der Waals surface area (Å²) in [5, 5.41) is 4.50. The van der Waals surface area contributed by atoms with Gasteiger partial charge in [0, 0.05) is 10.9 Å². The molecule has 2 aromatic carbocycles. The summed E-state index contributed by atoms with van der Waals surface area (Å²) in [4.78, 5) is 3.52. The van der Waals surface area contributed by atoms with Crippen molar-refractivity contribution in [2.75, 3.05) is 13.7 Å². The number of rotatable bonds is 4. The van der Waals surface area contributed by atoms with Gasteiger partial charge in [-0.15, -0.1) is 0 Å². The Bertz CT molecular complexity index is 857. The number of hydrogen-bond acceptors (Lipinski definition) is 3. The number of ether oxygens (including phenoxy) is 2. The lowest BCUT2D eigenvalue weighted by Gasteiger charge is -2.33. The first-order valence-electron chi connectivity index (χ1n) is 8.34. The molecule has 124 valence electrons. The second-order valence-corrected chi connectivity index (χ2v) is 6.34. The Balaban J connectivity index is 1.66. The van der Waals surface area contributed by atoms with Gasteiger partial charge in [0.2, 0.25) is 0 Å². The monoisotopic (exact) mass is 322 g/mol. The summed E-state index contributed by atoms with van der Waals surface area (Å²) in [6, 6.07) is 16.5. The normalized spacial score (nSPS) is 20.1. The van der Waals surface area contributed by atoms with Gasteiger partial charge in [-0.25, -0.2) is 0 Å². The SMILES string of the molecule is CNC1(C)OCCc2c1[nH]c1ccc(OCc3ccccc3)cc21. The van der Waals surface area contributed by atoms with E-state index >= 15 is 0 Å². The number of aromatic amines is 1.